The van der Waals surface area contributed by atoms with Crippen molar-refractivity contribution >= 4 is 37.5 Å². The van der Waals surface area contributed by atoms with Gasteiger partial charge in [-0.1, -0.05) is 18.2 Å². The third kappa shape index (κ3) is 4.01. The SMILES string of the molecule is O=C1CCC(=O)N1c1ccc(S(=O)(=O)N2CCN(S(=O)(=O)c3ccccc3)CC2)cc1. The van der Waals surface area contributed by atoms with E-state index in [1.807, 2.05) is 0 Å². The van der Waals surface area contributed by atoms with E-state index in [4.69, 9.17) is 0 Å². The van der Waals surface area contributed by atoms with Crippen molar-refractivity contribution < 1.29 is 26.4 Å². The number of rotatable bonds is 5. The highest BCUT2D eigenvalue weighted by atomic mass is 32.2. The van der Waals surface area contributed by atoms with Gasteiger partial charge in [0.15, 0.2) is 0 Å². The molecule has 0 aromatic heterocycles. The number of benzene rings is 2. The summed E-state index contributed by atoms with van der Waals surface area (Å²) in [6.45, 7) is 0.148. The molecule has 164 valence electrons. The Morgan fingerprint density at radius 2 is 1.00 bits per heavy atom. The molecule has 0 spiro atoms. The molecule has 2 amide bonds. The Bertz CT molecular complexity index is 1190. The molecule has 4 rings (SSSR count). The van der Waals surface area contributed by atoms with Crippen molar-refractivity contribution in [3.8, 4) is 0 Å². The zero-order chi connectivity index (χ0) is 22.2. The first kappa shape index (κ1) is 21.6. The zero-order valence-corrected chi connectivity index (χ0v) is 18.2. The minimum Gasteiger partial charge on any atom is -0.274 e. The fourth-order valence-electron chi connectivity index (χ4n) is 3.67. The van der Waals surface area contributed by atoms with Crippen LogP contribution in [0.4, 0.5) is 5.69 Å². The molecule has 31 heavy (non-hydrogen) atoms. The quantitative estimate of drug-likeness (QED) is 0.613. The number of hydrogen-bond acceptors (Lipinski definition) is 6. The fraction of sp³-hybridized carbons (Fsp3) is 0.300. The van der Waals surface area contributed by atoms with Crippen molar-refractivity contribution in [2.45, 2.75) is 22.6 Å². The van der Waals surface area contributed by atoms with Crippen LogP contribution >= 0.6 is 0 Å². The smallest absolute Gasteiger partial charge is 0.243 e. The molecule has 0 radical (unpaired) electrons. The molecule has 11 heteroatoms. The van der Waals surface area contributed by atoms with Gasteiger partial charge in [-0.3, -0.25) is 14.5 Å². The summed E-state index contributed by atoms with van der Waals surface area (Å²) in [7, 11) is -7.52. The summed E-state index contributed by atoms with van der Waals surface area (Å²) in [6, 6.07) is 13.6. The Balaban J connectivity index is 1.47. The monoisotopic (exact) mass is 463 g/mol. The van der Waals surface area contributed by atoms with Crippen molar-refractivity contribution in [2.24, 2.45) is 0 Å². The zero-order valence-electron chi connectivity index (χ0n) is 16.5. The number of imide groups is 1. The average molecular weight is 464 g/mol. The van der Waals surface area contributed by atoms with Crippen molar-refractivity contribution in [3.63, 3.8) is 0 Å². The number of piperazine rings is 1. The molecule has 9 nitrogen and oxygen atoms in total. The molecule has 0 N–H and O–H groups in total. The number of amides is 2. The van der Waals surface area contributed by atoms with Gasteiger partial charge in [-0.2, -0.15) is 8.61 Å². The maximum atomic E-state index is 13.0. The van der Waals surface area contributed by atoms with E-state index in [0.717, 1.165) is 4.90 Å². The topological polar surface area (TPSA) is 112 Å². The van der Waals surface area contributed by atoms with Crippen LogP contribution in [0.5, 0.6) is 0 Å². The second-order valence-corrected chi connectivity index (χ2v) is 11.1. The Morgan fingerprint density at radius 1 is 0.581 bits per heavy atom. The van der Waals surface area contributed by atoms with Crippen LogP contribution in [0.2, 0.25) is 0 Å². The molecule has 2 aromatic carbocycles. The predicted molar refractivity (Wildman–Crippen MR) is 112 cm³/mol. The molecular formula is C20H21N3O6S2. The summed E-state index contributed by atoms with van der Waals surface area (Å²) in [5.41, 5.74) is 0.338. The highest BCUT2D eigenvalue weighted by Crippen LogP contribution is 2.26. The predicted octanol–water partition coefficient (Wildman–Crippen LogP) is 1.04. The van der Waals surface area contributed by atoms with Crippen LogP contribution in [-0.2, 0) is 29.6 Å². The van der Waals surface area contributed by atoms with Crippen molar-refractivity contribution in [1.29, 1.82) is 0 Å². The molecule has 2 heterocycles. The molecule has 2 saturated heterocycles. The Morgan fingerprint density at radius 3 is 1.45 bits per heavy atom. The lowest BCUT2D eigenvalue weighted by atomic mass is 10.3. The van der Waals surface area contributed by atoms with Gasteiger partial charge in [0.1, 0.15) is 0 Å². The van der Waals surface area contributed by atoms with Crippen molar-refractivity contribution in [3.05, 3.63) is 54.6 Å². The van der Waals surface area contributed by atoms with Gasteiger partial charge in [-0.05, 0) is 36.4 Å². The third-order valence-electron chi connectivity index (χ3n) is 5.36. The van der Waals surface area contributed by atoms with Crippen molar-refractivity contribution in [2.75, 3.05) is 31.1 Å². The molecule has 2 aromatic rings. The highest BCUT2D eigenvalue weighted by Gasteiger charge is 2.34. The van der Waals surface area contributed by atoms with E-state index in [0.29, 0.717) is 5.69 Å². The molecule has 2 aliphatic heterocycles. The van der Waals surface area contributed by atoms with Gasteiger partial charge < -0.3 is 0 Å². The van der Waals surface area contributed by atoms with Gasteiger partial charge in [0, 0.05) is 39.0 Å². The summed E-state index contributed by atoms with van der Waals surface area (Å²) in [5.74, 6) is -0.618. The summed E-state index contributed by atoms with van der Waals surface area (Å²) < 4.78 is 53.9. The van der Waals surface area contributed by atoms with E-state index in [1.54, 1.807) is 18.2 Å². The van der Waals surface area contributed by atoms with E-state index in [2.05, 4.69) is 0 Å². The van der Waals surface area contributed by atoms with Gasteiger partial charge in [-0.15, -0.1) is 0 Å². The lowest BCUT2D eigenvalue weighted by molar-refractivity contribution is -0.121. The van der Waals surface area contributed by atoms with Crippen LogP contribution in [0.3, 0.4) is 0 Å². The molecule has 0 saturated carbocycles. The molecular weight excluding hydrogens is 442 g/mol. The van der Waals surface area contributed by atoms with E-state index in [9.17, 15) is 26.4 Å². The van der Waals surface area contributed by atoms with Crippen LogP contribution in [0, 0.1) is 0 Å². The second kappa shape index (κ2) is 8.15. The minimum absolute atomic E-state index is 0.0229. The Hall–Kier alpha value is -2.60. The summed E-state index contributed by atoms with van der Waals surface area (Å²) in [6.07, 6.45) is 0.296. The molecule has 0 bridgehead atoms. The summed E-state index contributed by atoms with van der Waals surface area (Å²) in [5, 5.41) is 0. The van der Waals surface area contributed by atoms with E-state index >= 15 is 0 Å². The van der Waals surface area contributed by atoms with Crippen LogP contribution < -0.4 is 4.90 Å². The van der Waals surface area contributed by atoms with Gasteiger partial charge in [0.2, 0.25) is 31.9 Å². The number of sulfonamides is 2. The number of anilines is 1. The standard InChI is InChI=1S/C20H21N3O6S2/c24-19-10-11-20(25)23(19)16-6-8-18(9-7-16)31(28,29)22-14-12-21(13-15-22)30(26,27)17-4-2-1-3-5-17/h1-9H,10-15H2. The highest BCUT2D eigenvalue weighted by molar-refractivity contribution is 7.89. The van der Waals surface area contributed by atoms with E-state index in [1.165, 1.54) is 45.0 Å². The van der Waals surface area contributed by atoms with Gasteiger partial charge in [-0.25, -0.2) is 16.8 Å². The van der Waals surface area contributed by atoms with E-state index in [-0.39, 0.29) is 60.6 Å². The van der Waals surface area contributed by atoms with Gasteiger partial charge >= 0.3 is 0 Å². The molecule has 2 fully saturated rings. The molecule has 2 aliphatic rings. The maximum absolute atomic E-state index is 13.0. The van der Waals surface area contributed by atoms with Gasteiger partial charge in [0.25, 0.3) is 0 Å². The number of carbonyl (C=O) groups is 2. The second-order valence-electron chi connectivity index (χ2n) is 7.24. The third-order valence-corrected chi connectivity index (χ3v) is 9.19. The Labute approximate surface area is 181 Å². The van der Waals surface area contributed by atoms with Crippen LogP contribution in [0.25, 0.3) is 0 Å². The molecule has 0 aliphatic carbocycles. The van der Waals surface area contributed by atoms with E-state index < -0.39 is 20.0 Å². The van der Waals surface area contributed by atoms with Crippen LogP contribution in [0.15, 0.2) is 64.4 Å². The number of carbonyl (C=O) groups excluding carboxylic acids is 2. The fourth-order valence-corrected chi connectivity index (χ4v) is 6.54. The summed E-state index contributed by atoms with van der Waals surface area (Å²) >= 11 is 0. The van der Waals surface area contributed by atoms with Crippen molar-refractivity contribution in [1.82, 2.24) is 8.61 Å². The molecule has 0 unspecified atom stereocenters. The first-order chi connectivity index (χ1) is 14.7. The minimum atomic E-state index is -3.84. The van der Waals surface area contributed by atoms with Crippen LogP contribution in [-0.4, -0.2) is 63.4 Å². The number of nitrogens with zero attached hydrogens (tertiary/aromatic N) is 3. The first-order valence-electron chi connectivity index (χ1n) is 9.72. The van der Waals surface area contributed by atoms with Gasteiger partial charge in [0.05, 0.1) is 15.5 Å². The maximum Gasteiger partial charge on any atom is 0.243 e. The normalized spacial score (nSPS) is 19.2. The molecule has 0 atom stereocenters. The first-order valence-corrected chi connectivity index (χ1v) is 12.6. The van der Waals surface area contributed by atoms with Crippen LogP contribution in [0.1, 0.15) is 12.8 Å². The lowest BCUT2D eigenvalue weighted by Gasteiger charge is -2.33. The largest absolute Gasteiger partial charge is 0.274 e. The lowest BCUT2D eigenvalue weighted by Crippen LogP contribution is -2.50. The summed E-state index contributed by atoms with van der Waals surface area (Å²) in [4.78, 5) is 25.0. The number of hydrogen-bond donors (Lipinski definition) is 0. The average Bonchev–Trinajstić information content (AvgIpc) is 3.12. The Kier molecular flexibility index (Phi) is 5.69.